The van der Waals surface area contributed by atoms with Gasteiger partial charge in [-0.25, -0.2) is 0 Å². The molecule has 3 heteroatoms. The molecule has 3 saturated carbocycles. The predicted octanol–water partition coefficient (Wildman–Crippen LogP) is 9.50. The highest BCUT2D eigenvalue weighted by atomic mass is 15.2. The summed E-state index contributed by atoms with van der Waals surface area (Å²) in [6.07, 6.45) is 14.7. The van der Waals surface area contributed by atoms with Gasteiger partial charge in [-0.3, -0.25) is 4.90 Å². The quantitative estimate of drug-likeness (QED) is 0.243. The molecule has 2 heterocycles. The third-order valence-corrected chi connectivity index (χ3v) is 16.3. The van der Waals surface area contributed by atoms with Crippen molar-refractivity contribution in [2.24, 2.45) is 45.8 Å². The van der Waals surface area contributed by atoms with Crippen molar-refractivity contribution in [1.82, 2.24) is 14.4 Å². The molecule has 48 heavy (non-hydrogen) atoms. The Hall–Kier alpha value is -2.28. The number of piperazine rings is 1. The van der Waals surface area contributed by atoms with Gasteiger partial charge in [0.1, 0.15) is 0 Å². The van der Waals surface area contributed by atoms with Gasteiger partial charge in [0.2, 0.25) is 0 Å². The predicted molar refractivity (Wildman–Crippen MR) is 202 cm³/mol. The van der Waals surface area contributed by atoms with E-state index < -0.39 is 0 Å². The molecule has 1 aromatic carbocycles. The van der Waals surface area contributed by atoms with Crippen molar-refractivity contribution in [2.75, 3.05) is 39.8 Å². The standard InChI is InChI=1S/C45H63N3/c1-31(2)33-16-13-14-32-20-22-44(6)36(40(32)33)18-19-39-43(5)30-35-34-15-9-10-17-37(34)48(25-12-11-24-47-28-26-46(8)27-29-47)41(35)42(3,4)38(43)21-23-45(39,44)7/h9-10,14-15,17,33,36,38-40H,1,13,16,18-30H2,2-8H3/t33-,36+,38-,39+,40+,43-,44+,45+/m0/s1. The van der Waals surface area contributed by atoms with Gasteiger partial charge >= 0.3 is 0 Å². The molecule has 0 unspecified atom stereocenters. The number of rotatable bonds is 3. The zero-order chi connectivity index (χ0) is 33.6. The summed E-state index contributed by atoms with van der Waals surface area (Å²) in [6.45, 7) is 26.7. The summed E-state index contributed by atoms with van der Waals surface area (Å²) in [5, 5.41) is 1.49. The zero-order valence-corrected chi connectivity index (χ0v) is 31.4. The first-order valence-electron chi connectivity index (χ1n) is 19.7. The summed E-state index contributed by atoms with van der Waals surface area (Å²) in [6, 6.07) is 9.33. The maximum atomic E-state index is 4.56. The Morgan fingerprint density at radius 2 is 1.62 bits per heavy atom. The minimum Gasteiger partial charge on any atom is -0.332 e. The van der Waals surface area contributed by atoms with E-state index in [9.17, 15) is 0 Å². The summed E-state index contributed by atoms with van der Waals surface area (Å²) in [7, 11) is 2.23. The molecule has 4 fully saturated rings. The van der Waals surface area contributed by atoms with Crippen LogP contribution in [-0.4, -0.2) is 54.1 Å². The first-order valence-corrected chi connectivity index (χ1v) is 19.7. The van der Waals surface area contributed by atoms with E-state index in [0.29, 0.717) is 28.1 Å². The van der Waals surface area contributed by atoms with E-state index in [1.165, 1.54) is 74.3 Å². The first kappa shape index (κ1) is 32.9. The lowest BCUT2D eigenvalue weighted by Gasteiger charge is -2.72. The van der Waals surface area contributed by atoms with Crippen LogP contribution in [0.4, 0.5) is 0 Å². The van der Waals surface area contributed by atoms with E-state index in [2.05, 4.69) is 112 Å². The van der Waals surface area contributed by atoms with Crippen molar-refractivity contribution in [3.8, 4) is 11.8 Å². The molecule has 1 aromatic heterocycles. The van der Waals surface area contributed by atoms with Crippen LogP contribution in [0.25, 0.3) is 10.9 Å². The van der Waals surface area contributed by atoms with Gasteiger partial charge in [-0.2, -0.15) is 0 Å². The fraction of sp³-hybridized carbons (Fsp3) is 0.689. The summed E-state index contributed by atoms with van der Waals surface area (Å²) >= 11 is 0. The second-order valence-corrected chi connectivity index (χ2v) is 18.8. The number of allylic oxidation sites excluding steroid dienone is 3. The Morgan fingerprint density at radius 3 is 2.40 bits per heavy atom. The minimum atomic E-state index is 0.108. The van der Waals surface area contributed by atoms with Gasteiger partial charge < -0.3 is 9.47 Å². The van der Waals surface area contributed by atoms with Gasteiger partial charge in [0, 0.05) is 48.2 Å². The summed E-state index contributed by atoms with van der Waals surface area (Å²) < 4.78 is 2.66. The Balaban J connectivity index is 1.14. The topological polar surface area (TPSA) is 11.4 Å². The van der Waals surface area contributed by atoms with Crippen LogP contribution in [0.1, 0.15) is 104 Å². The van der Waals surface area contributed by atoms with Crippen molar-refractivity contribution in [3.05, 3.63) is 59.3 Å². The van der Waals surface area contributed by atoms with E-state index >= 15 is 0 Å². The van der Waals surface area contributed by atoms with Gasteiger partial charge in [0.25, 0.3) is 0 Å². The number of aromatic nitrogens is 1. The molecule has 5 aliphatic carbocycles. The Labute approximate surface area is 292 Å². The van der Waals surface area contributed by atoms with Crippen molar-refractivity contribution in [3.63, 3.8) is 0 Å². The minimum absolute atomic E-state index is 0.108. The van der Waals surface area contributed by atoms with E-state index in [4.69, 9.17) is 0 Å². The second kappa shape index (κ2) is 11.6. The third kappa shape index (κ3) is 4.67. The van der Waals surface area contributed by atoms with Gasteiger partial charge in [0.15, 0.2) is 0 Å². The number of nitrogens with zero attached hydrogens (tertiary/aromatic N) is 3. The Morgan fingerprint density at radius 1 is 0.875 bits per heavy atom. The van der Waals surface area contributed by atoms with Crippen LogP contribution in [0.3, 0.4) is 0 Å². The fourth-order valence-electron chi connectivity index (χ4n) is 13.9. The van der Waals surface area contributed by atoms with Crippen LogP contribution < -0.4 is 0 Å². The molecule has 8 atom stereocenters. The number of likely N-dealkylation sites (N-methyl/N-ethyl adjacent to an activating group) is 1. The smallest absolute Gasteiger partial charge is 0.0841 e. The van der Waals surface area contributed by atoms with Crippen molar-refractivity contribution in [2.45, 2.75) is 111 Å². The van der Waals surface area contributed by atoms with E-state index in [0.717, 1.165) is 57.0 Å². The molecular formula is C45H63N3. The second-order valence-electron chi connectivity index (χ2n) is 18.8. The lowest BCUT2D eigenvalue weighted by atomic mass is 9.33. The number of benzene rings is 1. The van der Waals surface area contributed by atoms with Crippen LogP contribution in [0.5, 0.6) is 0 Å². The molecule has 6 aliphatic rings. The lowest BCUT2D eigenvalue weighted by molar-refractivity contribution is -0.206. The average molecular weight is 646 g/mol. The normalized spacial score (nSPS) is 39.1. The molecule has 1 aliphatic heterocycles. The molecule has 8 rings (SSSR count). The molecule has 0 radical (unpaired) electrons. The van der Waals surface area contributed by atoms with E-state index in [1.54, 1.807) is 16.8 Å². The van der Waals surface area contributed by atoms with E-state index in [1.807, 2.05) is 0 Å². The largest absolute Gasteiger partial charge is 0.332 e. The van der Waals surface area contributed by atoms with Crippen LogP contribution in [0.15, 0.2) is 48.1 Å². The van der Waals surface area contributed by atoms with Crippen molar-refractivity contribution < 1.29 is 0 Å². The zero-order valence-electron chi connectivity index (χ0n) is 31.4. The molecular weight excluding hydrogens is 583 g/mol. The monoisotopic (exact) mass is 646 g/mol. The van der Waals surface area contributed by atoms with Crippen LogP contribution in [0.2, 0.25) is 0 Å². The molecule has 0 bridgehead atoms. The SMILES string of the molecule is C=C(C)[C@@H]1CCC=C2CC[C@]3(C)[C@H](CC[C@@H]4[C@@]5(C)Cc6c(n(CC#CCN7CCN(C)CC7)c7ccccc67)C(C)(C)[C@@H]5CC[C@]43C)[C@H]21. The first-order chi connectivity index (χ1) is 22.9. The highest BCUT2D eigenvalue weighted by Crippen LogP contribution is 2.75. The molecule has 0 spiro atoms. The highest BCUT2D eigenvalue weighted by molar-refractivity contribution is 5.86. The molecule has 2 aromatic rings. The molecule has 3 nitrogen and oxygen atoms in total. The molecule has 0 amide bonds. The Bertz CT molecular complexity index is 1690. The van der Waals surface area contributed by atoms with E-state index in [-0.39, 0.29) is 5.41 Å². The highest BCUT2D eigenvalue weighted by Gasteiger charge is 2.68. The molecule has 258 valence electrons. The number of hydrogen-bond donors (Lipinski definition) is 0. The van der Waals surface area contributed by atoms with Gasteiger partial charge in [-0.1, -0.05) is 88.5 Å². The van der Waals surface area contributed by atoms with Crippen LogP contribution in [0, 0.1) is 57.7 Å². The molecule has 0 N–H and O–H groups in total. The maximum absolute atomic E-state index is 4.56. The number of fused-ring (bicyclic) bond motifs is 10. The van der Waals surface area contributed by atoms with Gasteiger partial charge in [-0.15, -0.1) is 0 Å². The van der Waals surface area contributed by atoms with Gasteiger partial charge in [0.05, 0.1) is 13.1 Å². The third-order valence-electron chi connectivity index (χ3n) is 16.3. The maximum Gasteiger partial charge on any atom is 0.0841 e. The Kier molecular flexibility index (Phi) is 7.97. The van der Waals surface area contributed by atoms with Gasteiger partial charge in [-0.05, 0) is 129 Å². The number of hydrogen-bond acceptors (Lipinski definition) is 2. The summed E-state index contributed by atoms with van der Waals surface area (Å²) in [5.41, 5.74) is 9.09. The fourth-order valence-corrected chi connectivity index (χ4v) is 13.9. The summed E-state index contributed by atoms with van der Waals surface area (Å²) in [5.74, 6) is 11.0. The summed E-state index contributed by atoms with van der Waals surface area (Å²) in [4.78, 5) is 4.95. The molecule has 1 saturated heterocycles. The van der Waals surface area contributed by atoms with Crippen LogP contribution >= 0.6 is 0 Å². The number of para-hydroxylation sites is 1. The van der Waals surface area contributed by atoms with Crippen LogP contribution in [-0.2, 0) is 18.4 Å². The lowest BCUT2D eigenvalue weighted by Crippen LogP contribution is -2.65. The van der Waals surface area contributed by atoms with Crippen molar-refractivity contribution >= 4 is 10.9 Å². The van der Waals surface area contributed by atoms with Crippen molar-refractivity contribution in [1.29, 1.82) is 0 Å². The average Bonchev–Trinajstić information content (AvgIpc) is 3.37.